The fraction of sp³-hybridized carbons (Fsp3) is 0.550. The first-order valence-electron chi connectivity index (χ1n) is 9.65. The van der Waals surface area contributed by atoms with E-state index in [-0.39, 0.29) is 37.6 Å². The van der Waals surface area contributed by atoms with Gasteiger partial charge >= 0.3 is 6.03 Å². The molecule has 6 nitrogen and oxygen atoms in total. The quantitative estimate of drug-likeness (QED) is 0.733. The number of benzene rings is 1. The molecule has 0 radical (unpaired) electrons. The molecular formula is C20H26ClFN3O3+. The number of nitrogens with one attached hydrogen (secondary N) is 1. The third-order valence-electron chi connectivity index (χ3n) is 5.17. The van der Waals surface area contributed by atoms with Crippen molar-refractivity contribution in [3.8, 4) is 0 Å². The highest BCUT2D eigenvalue weighted by Crippen LogP contribution is 2.26. The van der Waals surface area contributed by atoms with E-state index in [2.05, 4.69) is 5.32 Å². The fourth-order valence-electron chi connectivity index (χ4n) is 3.52. The molecule has 8 heteroatoms. The van der Waals surface area contributed by atoms with E-state index >= 15 is 0 Å². The molecule has 1 aliphatic carbocycles. The number of carbonyl (C=O) groups excluding carboxylic acids is 2. The molecule has 28 heavy (non-hydrogen) atoms. The van der Waals surface area contributed by atoms with Crippen molar-refractivity contribution >= 4 is 29.3 Å². The largest absolute Gasteiger partial charge is 0.491 e. The van der Waals surface area contributed by atoms with Gasteiger partial charge in [-0.05, 0) is 43.9 Å². The number of rotatable bonds is 5. The summed E-state index contributed by atoms with van der Waals surface area (Å²) in [4.78, 5) is 26.7. The fourth-order valence-corrected chi connectivity index (χ4v) is 3.67. The molecule has 1 saturated heterocycles. The highest BCUT2D eigenvalue weighted by atomic mass is 35.5. The summed E-state index contributed by atoms with van der Waals surface area (Å²) in [6.07, 6.45) is 3.49. The Morgan fingerprint density at radius 1 is 1.39 bits per heavy atom. The number of aliphatic hydroxyl groups is 1. The second kappa shape index (κ2) is 9.01. The van der Waals surface area contributed by atoms with Crippen LogP contribution in [0.3, 0.4) is 0 Å². The van der Waals surface area contributed by atoms with Gasteiger partial charge in [0.25, 0.3) is 0 Å². The topological polar surface area (TPSA) is 72.7 Å². The Hall–Kier alpha value is -1.99. The monoisotopic (exact) mass is 410 g/mol. The molecule has 0 bridgehead atoms. The van der Waals surface area contributed by atoms with Gasteiger partial charge in [0.15, 0.2) is 0 Å². The minimum atomic E-state index is -0.444. The van der Waals surface area contributed by atoms with Crippen LogP contribution in [0, 0.1) is 12.7 Å². The summed E-state index contributed by atoms with van der Waals surface area (Å²) < 4.78 is 15.9. The van der Waals surface area contributed by atoms with Gasteiger partial charge in [-0.2, -0.15) is 9.37 Å². The van der Waals surface area contributed by atoms with E-state index < -0.39 is 5.82 Å². The summed E-state index contributed by atoms with van der Waals surface area (Å²) in [5, 5.41) is 12.2. The van der Waals surface area contributed by atoms with Crippen molar-refractivity contribution in [3.63, 3.8) is 0 Å². The Balaban J connectivity index is 1.73. The number of piperidine rings is 1. The van der Waals surface area contributed by atoms with Crippen LogP contribution in [-0.2, 0) is 11.3 Å². The molecule has 0 unspecified atom stereocenters. The van der Waals surface area contributed by atoms with E-state index in [1.165, 1.54) is 6.07 Å². The highest BCUT2D eigenvalue weighted by molar-refractivity contribution is 6.31. The SMILES string of the molecule is Cc1cc(CNC(=O)/[N+](=C2\CCCN(C(=O)CCO)C2)C2CC2)c(F)cc1Cl. The highest BCUT2D eigenvalue weighted by Gasteiger charge is 2.38. The number of hydrogen-bond acceptors (Lipinski definition) is 3. The molecule has 0 aromatic heterocycles. The number of likely N-dealkylation sites (tertiary alicyclic amines) is 1. The van der Waals surface area contributed by atoms with Crippen molar-refractivity contribution in [3.05, 3.63) is 34.1 Å². The summed E-state index contributed by atoms with van der Waals surface area (Å²) in [5.41, 5.74) is 2.05. The number of amides is 3. The van der Waals surface area contributed by atoms with Gasteiger partial charge in [0, 0.05) is 30.0 Å². The third-order valence-corrected chi connectivity index (χ3v) is 5.58. The summed E-state index contributed by atoms with van der Waals surface area (Å²) in [7, 11) is 0. The van der Waals surface area contributed by atoms with Crippen molar-refractivity contribution in [2.24, 2.45) is 0 Å². The molecule has 1 aliphatic heterocycles. The molecule has 1 saturated carbocycles. The van der Waals surface area contributed by atoms with Gasteiger partial charge in [0.2, 0.25) is 5.91 Å². The molecule has 1 aromatic rings. The zero-order valence-electron chi connectivity index (χ0n) is 16.0. The van der Waals surface area contributed by atoms with E-state index in [0.29, 0.717) is 23.7 Å². The van der Waals surface area contributed by atoms with Gasteiger partial charge in [-0.1, -0.05) is 11.6 Å². The molecule has 3 rings (SSSR count). The number of carbonyl (C=O) groups is 2. The van der Waals surface area contributed by atoms with Crippen LogP contribution in [0.5, 0.6) is 0 Å². The molecule has 2 aliphatic rings. The number of halogens is 2. The Bertz CT molecular complexity index is 808. The average molecular weight is 411 g/mol. The number of nitrogens with zero attached hydrogens (tertiary/aromatic N) is 2. The van der Waals surface area contributed by atoms with Crippen molar-refractivity contribution in [2.45, 2.75) is 51.6 Å². The molecular weight excluding hydrogens is 385 g/mol. The lowest BCUT2D eigenvalue weighted by molar-refractivity contribution is -0.447. The lowest BCUT2D eigenvalue weighted by Crippen LogP contribution is -2.47. The van der Waals surface area contributed by atoms with Crippen molar-refractivity contribution in [1.82, 2.24) is 10.2 Å². The maximum Gasteiger partial charge on any atom is 0.491 e. The minimum absolute atomic E-state index is 0.0757. The van der Waals surface area contributed by atoms with Crippen LogP contribution in [0.1, 0.15) is 43.2 Å². The molecule has 3 amide bonds. The normalized spacial score (nSPS) is 18.8. The first-order chi connectivity index (χ1) is 13.4. The lowest BCUT2D eigenvalue weighted by Gasteiger charge is -2.28. The zero-order chi connectivity index (χ0) is 20.3. The summed E-state index contributed by atoms with van der Waals surface area (Å²) in [5.74, 6) is -0.547. The van der Waals surface area contributed by atoms with Gasteiger partial charge in [-0.15, -0.1) is 0 Å². The van der Waals surface area contributed by atoms with Crippen LogP contribution in [0.15, 0.2) is 12.1 Å². The lowest BCUT2D eigenvalue weighted by atomic mass is 10.1. The molecule has 1 aromatic carbocycles. The maximum absolute atomic E-state index is 14.1. The average Bonchev–Trinajstić information content (AvgIpc) is 3.49. The van der Waals surface area contributed by atoms with Gasteiger partial charge in [0.1, 0.15) is 24.1 Å². The smallest absolute Gasteiger partial charge is 0.396 e. The molecule has 0 atom stereocenters. The molecule has 2 fully saturated rings. The van der Waals surface area contributed by atoms with Crippen LogP contribution in [0.25, 0.3) is 0 Å². The Morgan fingerprint density at radius 3 is 2.82 bits per heavy atom. The minimum Gasteiger partial charge on any atom is -0.396 e. The Morgan fingerprint density at radius 2 is 2.14 bits per heavy atom. The first-order valence-corrected chi connectivity index (χ1v) is 10.0. The maximum atomic E-state index is 14.1. The Kier molecular flexibility index (Phi) is 6.67. The van der Waals surface area contributed by atoms with E-state index in [9.17, 15) is 14.0 Å². The summed E-state index contributed by atoms with van der Waals surface area (Å²) in [6.45, 7) is 2.73. The zero-order valence-corrected chi connectivity index (χ0v) is 16.8. The third kappa shape index (κ3) is 4.89. The second-order valence-electron chi connectivity index (χ2n) is 7.41. The van der Waals surface area contributed by atoms with E-state index in [0.717, 1.165) is 37.0 Å². The van der Waals surface area contributed by atoms with E-state index in [1.807, 2.05) is 0 Å². The van der Waals surface area contributed by atoms with Crippen LogP contribution in [-0.4, -0.2) is 58.0 Å². The van der Waals surface area contributed by atoms with Crippen LogP contribution < -0.4 is 5.32 Å². The number of aliphatic hydroxyl groups excluding tert-OH is 1. The van der Waals surface area contributed by atoms with Gasteiger partial charge in [-0.3, -0.25) is 4.79 Å². The van der Waals surface area contributed by atoms with Gasteiger partial charge in [-0.25, -0.2) is 9.71 Å². The number of aryl methyl sites for hydroxylation is 1. The van der Waals surface area contributed by atoms with E-state index in [1.54, 1.807) is 22.5 Å². The second-order valence-corrected chi connectivity index (χ2v) is 7.82. The Labute approximate surface area is 169 Å². The molecule has 0 spiro atoms. The number of hydrogen-bond donors (Lipinski definition) is 2. The number of urea groups is 1. The van der Waals surface area contributed by atoms with Crippen LogP contribution in [0.4, 0.5) is 9.18 Å². The van der Waals surface area contributed by atoms with Crippen molar-refractivity contribution < 1.29 is 23.7 Å². The summed E-state index contributed by atoms with van der Waals surface area (Å²) >= 11 is 5.93. The van der Waals surface area contributed by atoms with E-state index in [4.69, 9.17) is 16.7 Å². The van der Waals surface area contributed by atoms with Crippen LogP contribution in [0.2, 0.25) is 5.02 Å². The van der Waals surface area contributed by atoms with Crippen molar-refractivity contribution in [1.29, 1.82) is 0 Å². The predicted octanol–water partition coefficient (Wildman–Crippen LogP) is 2.62. The standard InChI is InChI=1S/C20H25ClFN3O3/c1-13-9-14(18(22)10-17(13)21)11-23-20(28)25(15-4-5-15)16-3-2-7-24(12-16)19(27)6-8-26/h9-10,15,26H,2-8,11-12H2,1H3/p+1/b25-16+. The molecule has 2 N–H and O–H groups in total. The first kappa shape index (κ1) is 20.7. The molecule has 1 heterocycles. The summed E-state index contributed by atoms with van der Waals surface area (Å²) in [6, 6.07) is 2.78. The van der Waals surface area contributed by atoms with Gasteiger partial charge in [0.05, 0.1) is 13.2 Å². The van der Waals surface area contributed by atoms with Crippen molar-refractivity contribution in [2.75, 3.05) is 19.7 Å². The molecule has 152 valence electrons. The van der Waals surface area contributed by atoms with Gasteiger partial charge < -0.3 is 10.0 Å². The van der Waals surface area contributed by atoms with Crippen LogP contribution >= 0.6 is 11.6 Å². The predicted molar refractivity (Wildman–Crippen MR) is 104 cm³/mol.